The first-order valence-corrected chi connectivity index (χ1v) is 7.57. The fraction of sp³-hybridized carbons (Fsp3) is 0.0588. The first-order chi connectivity index (χ1) is 11.1. The van der Waals surface area contributed by atoms with Gasteiger partial charge in [0.1, 0.15) is 34.2 Å². The van der Waals surface area contributed by atoms with E-state index in [0.29, 0.717) is 11.3 Å². The summed E-state index contributed by atoms with van der Waals surface area (Å²) < 4.78 is 5.71. The summed E-state index contributed by atoms with van der Waals surface area (Å²) in [4.78, 5) is 7.69. The summed E-state index contributed by atoms with van der Waals surface area (Å²) in [6.07, 6.45) is 0.236. The van der Waals surface area contributed by atoms with E-state index in [1.165, 1.54) is 6.33 Å². The van der Waals surface area contributed by atoms with E-state index in [2.05, 4.69) is 9.97 Å². The first kappa shape index (κ1) is 15.7. The van der Waals surface area contributed by atoms with Gasteiger partial charge in [-0.25, -0.2) is 9.97 Å². The Morgan fingerprint density at radius 2 is 1.39 bits per heavy atom. The maximum atomic E-state index is 10.4. The normalized spacial score (nSPS) is 12.0. The highest BCUT2D eigenvalue weighted by molar-refractivity contribution is 6.34. The molecule has 0 amide bonds. The van der Waals surface area contributed by atoms with Gasteiger partial charge in [0.05, 0.1) is 5.56 Å². The summed E-state index contributed by atoms with van der Waals surface area (Å²) in [5.41, 5.74) is 0.900. The zero-order valence-electron chi connectivity index (χ0n) is 11.9. The van der Waals surface area contributed by atoms with Gasteiger partial charge in [0.15, 0.2) is 0 Å². The molecule has 6 heteroatoms. The van der Waals surface area contributed by atoms with E-state index < -0.39 is 6.10 Å². The molecule has 0 saturated heterocycles. The highest BCUT2D eigenvalue weighted by Gasteiger charge is 2.19. The number of nitrogens with zero attached hydrogens (tertiary/aromatic N) is 2. The second-order valence-electron chi connectivity index (χ2n) is 4.76. The Labute approximate surface area is 143 Å². The van der Waals surface area contributed by atoms with Gasteiger partial charge >= 0.3 is 0 Å². The lowest BCUT2D eigenvalue weighted by molar-refractivity contribution is 0.219. The molecule has 0 spiro atoms. The Balaban J connectivity index is 1.82. The SMILES string of the molecule is OC(c1ccc(Oc2ccccc2)cc1)c1c(Cl)ncnc1Cl. The fourth-order valence-corrected chi connectivity index (χ4v) is 2.61. The number of para-hydroxylation sites is 1. The molecule has 4 nitrogen and oxygen atoms in total. The van der Waals surface area contributed by atoms with Gasteiger partial charge in [-0.2, -0.15) is 0 Å². The van der Waals surface area contributed by atoms with Crippen LogP contribution in [0.25, 0.3) is 0 Å². The van der Waals surface area contributed by atoms with E-state index in [0.717, 1.165) is 5.75 Å². The van der Waals surface area contributed by atoms with Crippen molar-refractivity contribution in [1.29, 1.82) is 0 Å². The second-order valence-corrected chi connectivity index (χ2v) is 5.47. The van der Waals surface area contributed by atoms with Gasteiger partial charge < -0.3 is 9.84 Å². The molecule has 1 N–H and O–H groups in total. The van der Waals surface area contributed by atoms with Crippen molar-refractivity contribution in [1.82, 2.24) is 9.97 Å². The molecule has 3 rings (SSSR count). The number of aliphatic hydroxyl groups is 1. The van der Waals surface area contributed by atoms with E-state index in [-0.39, 0.29) is 15.9 Å². The Morgan fingerprint density at radius 3 is 2.00 bits per heavy atom. The number of aliphatic hydroxyl groups excluding tert-OH is 1. The highest BCUT2D eigenvalue weighted by Crippen LogP contribution is 2.32. The van der Waals surface area contributed by atoms with Crippen LogP contribution in [0.4, 0.5) is 0 Å². The smallest absolute Gasteiger partial charge is 0.140 e. The van der Waals surface area contributed by atoms with E-state index >= 15 is 0 Å². The second kappa shape index (κ2) is 6.96. The lowest BCUT2D eigenvalue weighted by atomic mass is 10.0. The van der Waals surface area contributed by atoms with Crippen molar-refractivity contribution < 1.29 is 9.84 Å². The average molecular weight is 347 g/mol. The van der Waals surface area contributed by atoms with Crippen LogP contribution >= 0.6 is 23.2 Å². The first-order valence-electron chi connectivity index (χ1n) is 6.82. The monoisotopic (exact) mass is 346 g/mol. The lowest BCUT2D eigenvalue weighted by Gasteiger charge is -2.14. The Morgan fingerprint density at radius 1 is 0.826 bits per heavy atom. The van der Waals surface area contributed by atoms with E-state index in [9.17, 15) is 5.11 Å². The van der Waals surface area contributed by atoms with Crippen molar-refractivity contribution in [3.63, 3.8) is 0 Å². The molecule has 1 aromatic heterocycles. The molecular weight excluding hydrogens is 335 g/mol. The van der Waals surface area contributed by atoms with Crippen LogP contribution in [0.1, 0.15) is 17.2 Å². The van der Waals surface area contributed by atoms with Gasteiger partial charge in [0.2, 0.25) is 0 Å². The Hall–Kier alpha value is -2.14. The van der Waals surface area contributed by atoms with Crippen molar-refractivity contribution in [2.24, 2.45) is 0 Å². The maximum Gasteiger partial charge on any atom is 0.140 e. The molecule has 116 valence electrons. The largest absolute Gasteiger partial charge is 0.457 e. The quantitative estimate of drug-likeness (QED) is 0.698. The highest BCUT2D eigenvalue weighted by atomic mass is 35.5. The van der Waals surface area contributed by atoms with Crippen molar-refractivity contribution in [2.75, 3.05) is 0 Å². The molecule has 23 heavy (non-hydrogen) atoms. The van der Waals surface area contributed by atoms with Crippen molar-refractivity contribution in [3.8, 4) is 11.5 Å². The summed E-state index contributed by atoms with van der Waals surface area (Å²) >= 11 is 12.0. The predicted molar refractivity (Wildman–Crippen MR) is 89.1 cm³/mol. The van der Waals surface area contributed by atoms with Crippen molar-refractivity contribution in [2.45, 2.75) is 6.10 Å². The van der Waals surface area contributed by atoms with Gasteiger partial charge in [-0.3, -0.25) is 0 Å². The molecule has 0 fully saturated rings. The number of hydrogen-bond acceptors (Lipinski definition) is 4. The molecule has 0 radical (unpaired) electrons. The fourth-order valence-electron chi connectivity index (χ4n) is 2.09. The standard InChI is InChI=1S/C17H12Cl2N2O2/c18-16-14(17(19)21-10-20-16)15(22)11-6-8-13(9-7-11)23-12-4-2-1-3-5-12/h1-10,15,22H. The minimum absolute atomic E-state index is 0.127. The predicted octanol–water partition coefficient (Wildman–Crippen LogP) is 4.66. The number of rotatable bonds is 4. The van der Waals surface area contributed by atoms with Gasteiger partial charge in [-0.15, -0.1) is 0 Å². The van der Waals surface area contributed by atoms with Gasteiger partial charge in [0, 0.05) is 0 Å². The van der Waals surface area contributed by atoms with Crippen LogP contribution in [0.15, 0.2) is 60.9 Å². The zero-order chi connectivity index (χ0) is 16.2. The minimum Gasteiger partial charge on any atom is -0.457 e. The van der Waals surface area contributed by atoms with Crippen molar-refractivity contribution >= 4 is 23.2 Å². The molecule has 0 aliphatic heterocycles. The summed E-state index contributed by atoms with van der Waals surface area (Å²) in [6.45, 7) is 0. The Kier molecular flexibility index (Phi) is 4.76. The van der Waals surface area contributed by atoms with Crippen LogP contribution in [0.2, 0.25) is 10.3 Å². The van der Waals surface area contributed by atoms with Crippen LogP contribution in [0.5, 0.6) is 11.5 Å². The molecule has 0 aliphatic rings. The van der Waals surface area contributed by atoms with E-state index in [1.54, 1.807) is 24.3 Å². The third-order valence-electron chi connectivity index (χ3n) is 3.23. The van der Waals surface area contributed by atoms with Crippen LogP contribution in [0.3, 0.4) is 0 Å². The third-order valence-corrected chi connectivity index (χ3v) is 3.84. The van der Waals surface area contributed by atoms with Crippen LogP contribution < -0.4 is 4.74 Å². The van der Waals surface area contributed by atoms with Gasteiger partial charge in [0.25, 0.3) is 0 Å². The summed E-state index contributed by atoms with van der Waals surface area (Å²) in [7, 11) is 0. The van der Waals surface area contributed by atoms with Crippen LogP contribution in [0, 0.1) is 0 Å². The summed E-state index contributed by atoms with van der Waals surface area (Å²) in [5.74, 6) is 1.40. The number of benzene rings is 2. The summed E-state index contributed by atoms with van der Waals surface area (Å²) in [5, 5.41) is 10.7. The molecule has 1 unspecified atom stereocenters. The molecule has 0 aliphatic carbocycles. The maximum absolute atomic E-state index is 10.4. The molecule has 0 bridgehead atoms. The number of hydrogen-bond donors (Lipinski definition) is 1. The van der Waals surface area contributed by atoms with Crippen LogP contribution in [-0.4, -0.2) is 15.1 Å². The number of halogens is 2. The molecule has 1 heterocycles. The summed E-state index contributed by atoms with van der Waals surface area (Å²) in [6, 6.07) is 16.4. The molecule has 3 aromatic rings. The van der Waals surface area contributed by atoms with E-state index in [1.807, 2.05) is 30.3 Å². The molecule has 1 atom stereocenters. The number of ether oxygens (including phenoxy) is 1. The average Bonchev–Trinajstić information content (AvgIpc) is 2.56. The van der Waals surface area contributed by atoms with Crippen LogP contribution in [-0.2, 0) is 0 Å². The molecular formula is C17H12Cl2N2O2. The topological polar surface area (TPSA) is 55.2 Å². The molecule has 0 saturated carbocycles. The molecule has 2 aromatic carbocycles. The number of aromatic nitrogens is 2. The van der Waals surface area contributed by atoms with Crippen molar-refractivity contribution in [3.05, 3.63) is 82.4 Å². The lowest BCUT2D eigenvalue weighted by Crippen LogP contribution is -2.03. The minimum atomic E-state index is -1.01. The van der Waals surface area contributed by atoms with Gasteiger partial charge in [-0.1, -0.05) is 53.5 Å². The zero-order valence-corrected chi connectivity index (χ0v) is 13.4. The van der Waals surface area contributed by atoms with Gasteiger partial charge in [-0.05, 0) is 29.8 Å². The Bertz CT molecular complexity index is 775. The third kappa shape index (κ3) is 3.62. The van der Waals surface area contributed by atoms with E-state index in [4.69, 9.17) is 27.9 Å².